The van der Waals surface area contributed by atoms with Crippen LogP contribution >= 0.6 is 0 Å². The summed E-state index contributed by atoms with van der Waals surface area (Å²) in [6.07, 6.45) is 9.55. The standard InChI is InChI=1S/C25H30O3/c1-2-3-4-5-6-7-11-14-22-17-24(26)23-16-15-21(18-25(23)28-22)27-19-20-12-9-8-10-13-20/h8-10,12-13,15-18H,2-7,11,14,19H2,1H3. The number of benzene rings is 2. The minimum absolute atomic E-state index is 0.0220. The van der Waals surface area contributed by atoms with E-state index in [0.717, 1.165) is 24.2 Å². The lowest BCUT2D eigenvalue weighted by Crippen LogP contribution is -2.03. The van der Waals surface area contributed by atoms with Gasteiger partial charge in [-0.25, -0.2) is 0 Å². The van der Waals surface area contributed by atoms with Crippen molar-refractivity contribution < 1.29 is 9.15 Å². The first kappa shape index (κ1) is 20.2. The van der Waals surface area contributed by atoms with Gasteiger partial charge in [-0.05, 0) is 24.1 Å². The first-order valence-electron chi connectivity index (χ1n) is 10.5. The molecule has 0 saturated carbocycles. The first-order valence-corrected chi connectivity index (χ1v) is 10.5. The average molecular weight is 379 g/mol. The van der Waals surface area contributed by atoms with Gasteiger partial charge in [0.2, 0.25) is 0 Å². The fourth-order valence-electron chi connectivity index (χ4n) is 3.40. The molecule has 0 spiro atoms. The molecule has 0 aliphatic rings. The molecule has 0 bridgehead atoms. The van der Waals surface area contributed by atoms with Crippen molar-refractivity contribution >= 4 is 11.0 Å². The fraction of sp³-hybridized carbons (Fsp3) is 0.400. The minimum atomic E-state index is 0.0220. The van der Waals surface area contributed by atoms with Gasteiger partial charge in [0.15, 0.2) is 5.43 Å². The second-order valence-electron chi connectivity index (χ2n) is 7.38. The van der Waals surface area contributed by atoms with Crippen LogP contribution in [0.4, 0.5) is 0 Å². The van der Waals surface area contributed by atoms with E-state index in [2.05, 4.69) is 6.92 Å². The van der Waals surface area contributed by atoms with Gasteiger partial charge in [-0.3, -0.25) is 4.79 Å². The Bertz CT molecular complexity index is 912. The quantitative estimate of drug-likeness (QED) is 0.350. The van der Waals surface area contributed by atoms with E-state index in [9.17, 15) is 4.79 Å². The molecule has 0 N–H and O–H groups in total. The van der Waals surface area contributed by atoms with E-state index in [1.54, 1.807) is 12.1 Å². The van der Waals surface area contributed by atoms with Gasteiger partial charge in [0, 0.05) is 18.6 Å². The molecule has 2 aromatic carbocycles. The molecule has 3 rings (SSSR count). The van der Waals surface area contributed by atoms with E-state index in [1.807, 2.05) is 42.5 Å². The molecule has 3 nitrogen and oxygen atoms in total. The van der Waals surface area contributed by atoms with Crippen LogP contribution in [-0.2, 0) is 13.0 Å². The maximum atomic E-state index is 12.4. The van der Waals surface area contributed by atoms with E-state index in [1.165, 1.54) is 38.5 Å². The van der Waals surface area contributed by atoms with E-state index in [4.69, 9.17) is 9.15 Å². The molecular weight excluding hydrogens is 348 g/mol. The van der Waals surface area contributed by atoms with E-state index in [0.29, 0.717) is 23.3 Å². The van der Waals surface area contributed by atoms with Crippen molar-refractivity contribution in [2.24, 2.45) is 0 Å². The molecule has 3 aromatic rings. The molecule has 0 radical (unpaired) electrons. The maximum absolute atomic E-state index is 12.4. The lowest BCUT2D eigenvalue weighted by atomic mass is 10.1. The number of unbranched alkanes of at least 4 members (excludes halogenated alkanes) is 6. The number of hydrogen-bond donors (Lipinski definition) is 0. The summed E-state index contributed by atoms with van der Waals surface area (Å²) in [7, 11) is 0. The molecule has 1 heterocycles. The number of ether oxygens (including phenoxy) is 1. The van der Waals surface area contributed by atoms with Crippen LogP contribution in [0.5, 0.6) is 5.75 Å². The van der Waals surface area contributed by atoms with Crippen molar-refractivity contribution in [1.82, 2.24) is 0 Å². The number of fused-ring (bicyclic) bond motifs is 1. The lowest BCUT2D eigenvalue weighted by molar-refractivity contribution is 0.306. The van der Waals surface area contributed by atoms with Crippen molar-refractivity contribution in [1.29, 1.82) is 0 Å². The number of aryl methyl sites for hydroxylation is 1. The van der Waals surface area contributed by atoms with Crippen LogP contribution in [0, 0.1) is 0 Å². The van der Waals surface area contributed by atoms with Crippen LogP contribution in [0.1, 0.15) is 63.2 Å². The van der Waals surface area contributed by atoms with Crippen LogP contribution in [-0.4, -0.2) is 0 Å². The Morgan fingerprint density at radius 2 is 1.61 bits per heavy atom. The molecule has 28 heavy (non-hydrogen) atoms. The minimum Gasteiger partial charge on any atom is -0.489 e. The SMILES string of the molecule is CCCCCCCCCc1cc(=O)c2ccc(OCc3ccccc3)cc2o1. The van der Waals surface area contributed by atoms with E-state index >= 15 is 0 Å². The normalized spacial score (nSPS) is 11.0. The van der Waals surface area contributed by atoms with Crippen LogP contribution in [0.15, 0.2) is 63.8 Å². The Morgan fingerprint density at radius 1 is 0.857 bits per heavy atom. The zero-order chi connectivity index (χ0) is 19.6. The summed E-state index contributed by atoms with van der Waals surface area (Å²) in [5.41, 5.74) is 1.74. The zero-order valence-corrected chi connectivity index (χ0v) is 16.8. The highest BCUT2D eigenvalue weighted by Gasteiger charge is 2.07. The van der Waals surface area contributed by atoms with Crippen LogP contribution in [0.3, 0.4) is 0 Å². The highest BCUT2D eigenvalue weighted by molar-refractivity contribution is 5.77. The largest absolute Gasteiger partial charge is 0.489 e. The second-order valence-corrected chi connectivity index (χ2v) is 7.38. The molecule has 0 saturated heterocycles. The highest BCUT2D eigenvalue weighted by atomic mass is 16.5. The zero-order valence-electron chi connectivity index (χ0n) is 16.8. The topological polar surface area (TPSA) is 39.4 Å². The van der Waals surface area contributed by atoms with Crippen molar-refractivity contribution in [2.45, 2.75) is 64.9 Å². The summed E-state index contributed by atoms with van der Waals surface area (Å²) in [5.74, 6) is 1.49. The molecular formula is C25H30O3. The molecule has 148 valence electrons. The van der Waals surface area contributed by atoms with Crippen LogP contribution in [0.25, 0.3) is 11.0 Å². The number of rotatable bonds is 11. The third-order valence-electron chi connectivity index (χ3n) is 5.03. The summed E-state index contributed by atoms with van der Waals surface area (Å²) >= 11 is 0. The molecule has 0 fully saturated rings. The van der Waals surface area contributed by atoms with Gasteiger partial charge in [-0.1, -0.05) is 75.8 Å². The van der Waals surface area contributed by atoms with Crippen molar-refractivity contribution in [3.63, 3.8) is 0 Å². The Morgan fingerprint density at radius 3 is 2.39 bits per heavy atom. The predicted molar refractivity (Wildman–Crippen MR) is 115 cm³/mol. The van der Waals surface area contributed by atoms with Gasteiger partial charge in [0.05, 0.1) is 5.39 Å². The molecule has 1 aromatic heterocycles. The molecule has 0 amide bonds. The Kier molecular flexibility index (Phi) is 7.71. The monoisotopic (exact) mass is 378 g/mol. The summed E-state index contributed by atoms with van der Waals surface area (Å²) < 4.78 is 11.9. The third kappa shape index (κ3) is 5.98. The van der Waals surface area contributed by atoms with Gasteiger partial charge in [0.25, 0.3) is 0 Å². The lowest BCUT2D eigenvalue weighted by Gasteiger charge is -2.08. The molecule has 0 aliphatic carbocycles. The summed E-state index contributed by atoms with van der Waals surface area (Å²) in [6.45, 7) is 2.73. The molecule has 0 atom stereocenters. The Hall–Kier alpha value is -2.55. The van der Waals surface area contributed by atoms with Gasteiger partial charge < -0.3 is 9.15 Å². The highest BCUT2D eigenvalue weighted by Crippen LogP contribution is 2.21. The van der Waals surface area contributed by atoms with Crippen molar-refractivity contribution in [3.8, 4) is 5.75 Å². The van der Waals surface area contributed by atoms with Gasteiger partial charge >= 0.3 is 0 Å². The summed E-state index contributed by atoms with van der Waals surface area (Å²) in [5, 5.41) is 0.607. The second kappa shape index (κ2) is 10.7. The fourth-order valence-corrected chi connectivity index (χ4v) is 3.40. The Labute approximate surface area is 167 Å². The smallest absolute Gasteiger partial charge is 0.192 e. The Balaban J connectivity index is 1.59. The van der Waals surface area contributed by atoms with Crippen molar-refractivity contribution in [3.05, 3.63) is 76.1 Å². The van der Waals surface area contributed by atoms with Crippen LogP contribution in [0.2, 0.25) is 0 Å². The predicted octanol–water partition coefficient (Wildman–Crippen LogP) is 6.67. The molecule has 0 aliphatic heterocycles. The van der Waals surface area contributed by atoms with Gasteiger partial charge in [0.1, 0.15) is 23.7 Å². The third-order valence-corrected chi connectivity index (χ3v) is 5.03. The number of hydrogen-bond acceptors (Lipinski definition) is 3. The van der Waals surface area contributed by atoms with Gasteiger partial charge in [-0.2, -0.15) is 0 Å². The summed E-state index contributed by atoms with van der Waals surface area (Å²) in [4.78, 5) is 12.4. The summed E-state index contributed by atoms with van der Waals surface area (Å²) in [6, 6.07) is 17.1. The molecule has 0 unspecified atom stereocenters. The van der Waals surface area contributed by atoms with Crippen molar-refractivity contribution in [2.75, 3.05) is 0 Å². The molecule has 3 heteroatoms. The first-order chi connectivity index (χ1) is 13.8. The van der Waals surface area contributed by atoms with Crippen LogP contribution < -0.4 is 10.2 Å². The maximum Gasteiger partial charge on any atom is 0.192 e. The van der Waals surface area contributed by atoms with E-state index in [-0.39, 0.29) is 5.43 Å². The van der Waals surface area contributed by atoms with Gasteiger partial charge in [-0.15, -0.1) is 0 Å². The average Bonchev–Trinajstić information content (AvgIpc) is 2.72. The van der Waals surface area contributed by atoms with E-state index < -0.39 is 0 Å².